The summed E-state index contributed by atoms with van der Waals surface area (Å²) in [5.41, 5.74) is -2.31. The molecular weight excluding hydrogens is 402 g/mol. The highest BCUT2D eigenvalue weighted by Gasteiger charge is 2.42. The van der Waals surface area contributed by atoms with Crippen molar-refractivity contribution >= 4 is 5.91 Å². The summed E-state index contributed by atoms with van der Waals surface area (Å²) in [5, 5.41) is 9.34. The average Bonchev–Trinajstić information content (AvgIpc) is 3.15. The number of halogens is 4. The molecule has 0 unspecified atom stereocenters. The van der Waals surface area contributed by atoms with Crippen molar-refractivity contribution in [1.29, 1.82) is 0 Å². The topological polar surface area (TPSA) is 63.1 Å². The molecule has 30 heavy (non-hydrogen) atoms. The normalized spacial score (nSPS) is 16.0. The molecule has 0 atom stereocenters. The number of alkyl halides is 3. The Kier molecular flexibility index (Phi) is 7.06. The average molecular weight is 427 g/mol. The molecule has 0 bridgehead atoms. The van der Waals surface area contributed by atoms with Crippen molar-refractivity contribution in [3.63, 3.8) is 0 Å². The summed E-state index contributed by atoms with van der Waals surface area (Å²) in [7, 11) is 0. The van der Waals surface area contributed by atoms with Gasteiger partial charge in [-0.15, -0.1) is 5.10 Å². The van der Waals surface area contributed by atoms with E-state index in [0.717, 1.165) is 44.1 Å². The molecule has 10 heteroatoms. The van der Waals surface area contributed by atoms with Gasteiger partial charge in [-0.3, -0.25) is 4.79 Å². The molecule has 1 N–H and O–H groups in total. The second-order valence-electron chi connectivity index (χ2n) is 7.66. The van der Waals surface area contributed by atoms with Crippen LogP contribution in [-0.2, 0) is 6.18 Å². The Bertz CT molecular complexity index is 859. The summed E-state index contributed by atoms with van der Waals surface area (Å²) < 4.78 is 54.6. The molecule has 1 aliphatic rings. The van der Waals surface area contributed by atoms with Gasteiger partial charge < -0.3 is 10.2 Å². The second kappa shape index (κ2) is 9.55. The number of carbonyl (C=O) groups is 1. The van der Waals surface area contributed by atoms with Gasteiger partial charge >= 0.3 is 6.18 Å². The van der Waals surface area contributed by atoms with Gasteiger partial charge in [0.05, 0.1) is 5.69 Å². The van der Waals surface area contributed by atoms with E-state index >= 15 is 0 Å². The van der Waals surface area contributed by atoms with Gasteiger partial charge in [-0.05, 0) is 69.4 Å². The van der Waals surface area contributed by atoms with Crippen molar-refractivity contribution in [2.45, 2.75) is 38.8 Å². The summed E-state index contributed by atoms with van der Waals surface area (Å²) in [6.45, 7) is 5.52. The Morgan fingerprint density at radius 3 is 2.63 bits per heavy atom. The van der Waals surface area contributed by atoms with E-state index in [4.69, 9.17) is 0 Å². The maximum atomic E-state index is 13.6. The molecule has 2 heterocycles. The van der Waals surface area contributed by atoms with E-state index in [-0.39, 0.29) is 12.2 Å². The first-order chi connectivity index (χ1) is 14.3. The molecule has 1 aromatic heterocycles. The number of nitrogens with one attached hydrogen (secondary N) is 1. The van der Waals surface area contributed by atoms with E-state index in [2.05, 4.69) is 27.5 Å². The molecule has 1 saturated heterocycles. The molecule has 2 aromatic rings. The van der Waals surface area contributed by atoms with Crippen LogP contribution in [0, 0.1) is 11.7 Å². The van der Waals surface area contributed by atoms with E-state index < -0.39 is 29.3 Å². The monoisotopic (exact) mass is 427 g/mol. The number of carbonyl (C=O) groups excluding carboxylic acids is 1. The van der Waals surface area contributed by atoms with Gasteiger partial charge in [0, 0.05) is 6.54 Å². The van der Waals surface area contributed by atoms with Crippen molar-refractivity contribution in [2.75, 3.05) is 26.2 Å². The van der Waals surface area contributed by atoms with Gasteiger partial charge in [0.1, 0.15) is 5.82 Å². The summed E-state index contributed by atoms with van der Waals surface area (Å²) in [6, 6.07) is 4.52. The third kappa shape index (κ3) is 5.56. The van der Waals surface area contributed by atoms with E-state index in [1.165, 1.54) is 25.0 Å². The minimum Gasteiger partial charge on any atom is -0.351 e. The summed E-state index contributed by atoms with van der Waals surface area (Å²) in [6.07, 6.45) is -1.03. The molecule has 0 radical (unpaired) electrons. The van der Waals surface area contributed by atoms with Gasteiger partial charge in [0.25, 0.3) is 5.91 Å². The number of aromatic nitrogens is 3. The quantitative estimate of drug-likeness (QED) is 0.541. The Labute approximate surface area is 172 Å². The first-order valence-electron chi connectivity index (χ1n) is 10.0. The number of benzene rings is 1. The summed E-state index contributed by atoms with van der Waals surface area (Å²) in [5.74, 6) is -0.911. The lowest BCUT2D eigenvalue weighted by Gasteiger charge is -2.30. The molecule has 0 saturated carbocycles. The predicted molar refractivity (Wildman–Crippen MR) is 103 cm³/mol. The zero-order chi connectivity index (χ0) is 21.7. The van der Waals surface area contributed by atoms with Gasteiger partial charge in [-0.25, -0.2) is 9.07 Å². The van der Waals surface area contributed by atoms with Crippen LogP contribution in [0.15, 0.2) is 24.3 Å². The minimum atomic E-state index is -4.88. The van der Waals surface area contributed by atoms with Crippen LogP contribution in [-0.4, -0.2) is 52.0 Å². The lowest BCUT2D eigenvalue weighted by molar-refractivity contribution is -0.143. The first kappa shape index (κ1) is 22.2. The fourth-order valence-corrected chi connectivity index (χ4v) is 3.51. The van der Waals surface area contributed by atoms with Gasteiger partial charge in [-0.1, -0.05) is 18.2 Å². The van der Waals surface area contributed by atoms with Gasteiger partial charge in [-0.2, -0.15) is 13.2 Å². The van der Waals surface area contributed by atoms with E-state index in [1.54, 1.807) is 0 Å². The smallest absolute Gasteiger partial charge is 0.351 e. The molecule has 1 aliphatic heterocycles. The van der Waals surface area contributed by atoms with Crippen LogP contribution < -0.4 is 5.32 Å². The number of hydrogen-bond acceptors (Lipinski definition) is 4. The van der Waals surface area contributed by atoms with Crippen LogP contribution in [0.1, 0.15) is 48.8 Å². The fourth-order valence-electron chi connectivity index (χ4n) is 3.51. The van der Waals surface area contributed by atoms with Gasteiger partial charge in [0.2, 0.25) is 0 Å². The molecule has 0 spiro atoms. The molecule has 6 nitrogen and oxygen atoms in total. The Morgan fingerprint density at radius 2 is 1.97 bits per heavy atom. The molecule has 1 amide bonds. The Hall–Kier alpha value is -2.49. The van der Waals surface area contributed by atoms with Crippen LogP contribution >= 0.6 is 0 Å². The maximum absolute atomic E-state index is 13.6. The number of hydrogen-bond donors (Lipinski definition) is 1. The standard InChI is InChI=1S/C20H25F4N5O/c1-14-7-11-28(12-8-14)10-3-2-9-25-19(30)17-18(20(22,23)24)29(27-26-17)16-6-4-5-15(21)13-16/h4-6,13-14H,2-3,7-12H2,1H3,(H,25,30). The van der Waals surface area contributed by atoms with Crippen LogP contribution in [0.4, 0.5) is 17.6 Å². The van der Waals surface area contributed by atoms with Crippen molar-refractivity contribution in [1.82, 2.24) is 25.2 Å². The van der Waals surface area contributed by atoms with Crippen LogP contribution in [0.5, 0.6) is 0 Å². The molecule has 3 rings (SSSR count). The maximum Gasteiger partial charge on any atom is 0.435 e. The highest BCUT2D eigenvalue weighted by molar-refractivity contribution is 5.93. The number of unbranched alkanes of at least 4 members (excludes halogenated alkanes) is 1. The number of piperidine rings is 1. The second-order valence-corrected chi connectivity index (χ2v) is 7.66. The third-order valence-electron chi connectivity index (χ3n) is 5.27. The molecule has 1 aromatic carbocycles. The van der Waals surface area contributed by atoms with E-state index in [1.807, 2.05) is 0 Å². The molecule has 0 aliphatic carbocycles. The highest BCUT2D eigenvalue weighted by Crippen LogP contribution is 2.32. The lowest BCUT2D eigenvalue weighted by Crippen LogP contribution is -2.34. The van der Waals surface area contributed by atoms with Crippen LogP contribution in [0.25, 0.3) is 5.69 Å². The first-order valence-corrected chi connectivity index (χ1v) is 10.0. The van der Waals surface area contributed by atoms with E-state index in [0.29, 0.717) is 11.1 Å². The van der Waals surface area contributed by atoms with Crippen molar-refractivity contribution < 1.29 is 22.4 Å². The largest absolute Gasteiger partial charge is 0.435 e. The third-order valence-corrected chi connectivity index (χ3v) is 5.27. The fraction of sp³-hybridized carbons (Fsp3) is 0.550. The van der Waals surface area contributed by atoms with E-state index in [9.17, 15) is 22.4 Å². The Balaban J connectivity index is 1.59. The SMILES string of the molecule is CC1CCN(CCCCNC(=O)c2nnn(-c3cccc(F)c3)c2C(F)(F)F)CC1. The van der Waals surface area contributed by atoms with Crippen LogP contribution in [0.3, 0.4) is 0 Å². The van der Waals surface area contributed by atoms with Crippen molar-refractivity contribution in [3.05, 3.63) is 41.5 Å². The number of amides is 1. The van der Waals surface area contributed by atoms with Gasteiger partial charge in [0.15, 0.2) is 11.4 Å². The summed E-state index contributed by atoms with van der Waals surface area (Å²) in [4.78, 5) is 14.7. The number of nitrogens with zero attached hydrogens (tertiary/aromatic N) is 4. The van der Waals surface area contributed by atoms with Crippen LogP contribution in [0.2, 0.25) is 0 Å². The molecule has 1 fully saturated rings. The zero-order valence-electron chi connectivity index (χ0n) is 16.8. The molecular formula is C20H25F4N5O. The molecule has 164 valence electrons. The summed E-state index contributed by atoms with van der Waals surface area (Å²) >= 11 is 0. The lowest BCUT2D eigenvalue weighted by atomic mass is 9.99. The Morgan fingerprint density at radius 1 is 1.23 bits per heavy atom. The zero-order valence-corrected chi connectivity index (χ0v) is 16.8. The van der Waals surface area contributed by atoms with Crippen molar-refractivity contribution in [2.24, 2.45) is 5.92 Å². The predicted octanol–water partition coefficient (Wildman–Crippen LogP) is 3.67. The van der Waals surface area contributed by atoms with Crippen molar-refractivity contribution in [3.8, 4) is 5.69 Å². The number of likely N-dealkylation sites (tertiary alicyclic amines) is 1. The minimum absolute atomic E-state index is 0.162. The number of rotatable bonds is 7. The highest BCUT2D eigenvalue weighted by atomic mass is 19.4.